The molecule has 4 heteroatoms. The average Bonchev–Trinajstić information content (AvgIpc) is 2.34. The molecular weight excluding hydrogens is 239 g/mol. The van der Waals surface area contributed by atoms with E-state index in [-0.39, 0.29) is 5.82 Å². The zero-order valence-electron chi connectivity index (χ0n) is 8.90. The van der Waals surface area contributed by atoms with E-state index in [2.05, 4.69) is 10.5 Å². The lowest BCUT2D eigenvalue weighted by atomic mass is 10.2. The van der Waals surface area contributed by atoms with Gasteiger partial charge in [0.15, 0.2) is 0 Å². The number of anilines is 1. The number of nitrogens with one attached hydrogen (secondary N) is 1. The molecular formula is C13H10ClFN2. The number of nitrogens with zero attached hydrogens (tertiary/aromatic N) is 1. The predicted octanol–water partition coefficient (Wildman–Crippen LogP) is 3.93. The summed E-state index contributed by atoms with van der Waals surface area (Å²) in [6.07, 6.45) is 1.43. The fourth-order valence-electron chi connectivity index (χ4n) is 1.28. The topological polar surface area (TPSA) is 24.4 Å². The standard InChI is InChI=1S/C13H10ClFN2/c14-11-5-7-12(8-6-11)17-16-9-10-3-1-2-4-13(10)15/h1-9,17H/b16-9-. The van der Waals surface area contributed by atoms with Gasteiger partial charge in [0, 0.05) is 10.6 Å². The van der Waals surface area contributed by atoms with Crippen LogP contribution in [0, 0.1) is 5.82 Å². The Hall–Kier alpha value is -1.87. The Balaban J connectivity index is 2.03. The van der Waals surface area contributed by atoms with Crippen LogP contribution in [-0.2, 0) is 0 Å². The van der Waals surface area contributed by atoms with Crippen molar-refractivity contribution < 1.29 is 4.39 Å². The van der Waals surface area contributed by atoms with Gasteiger partial charge < -0.3 is 0 Å². The molecule has 86 valence electrons. The molecule has 2 aromatic rings. The smallest absolute Gasteiger partial charge is 0.132 e. The highest BCUT2D eigenvalue weighted by Gasteiger charge is 1.95. The summed E-state index contributed by atoms with van der Waals surface area (Å²) in [7, 11) is 0. The second-order valence-electron chi connectivity index (χ2n) is 3.40. The fraction of sp³-hybridized carbons (Fsp3) is 0. The summed E-state index contributed by atoms with van der Waals surface area (Å²) in [5, 5.41) is 4.61. The van der Waals surface area contributed by atoms with E-state index in [0.717, 1.165) is 5.69 Å². The molecule has 0 unspecified atom stereocenters. The van der Waals surface area contributed by atoms with E-state index in [1.807, 2.05) is 0 Å². The van der Waals surface area contributed by atoms with Gasteiger partial charge in [-0.2, -0.15) is 5.10 Å². The van der Waals surface area contributed by atoms with Gasteiger partial charge in [-0.25, -0.2) is 4.39 Å². The van der Waals surface area contributed by atoms with Gasteiger partial charge in [0.1, 0.15) is 5.82 Å². The monoisotopic (exact) mass is 248 g/mol. The van der Waals surface area contributed by atoms with Crippen LogP contribution >= 0.6 is 11.6 Å². The molecule has 0 aliphatic heterocycles. The summed E-state index contributed by atoms with van der Waals surface area (Å²) in [6.45, 7) is 0. The molecule has 17 heavy (non-hydrogen) atoms. The second kappa shape index (κ2) is 5.46. The molecule has 0 heterocycles. The fourth-order valence-corrected chi connectivity index (χ4v) is 1.41. The van der Waals surface area contributed by atoms with Crippen LogP contribution in [0.2, 0.25) is 5.02 Å². The number of rotatable bonds is 3. The minimum Gasteiger partial charge on any atom is -0.279 e. The van der Waals surface area contributed by atoms with Gasteiger partial charge in [-0.05, 0) is 30.3 Å². The summed E-state index contributed by atoms with van der Waals surface area (Å²) in [4.78, 5) is 0. The molecule has 0 atom stereocenters. The van der Waals surface area contributed by atoms with Crippen LogP contribution in [-0.4, -0.2) is 6.21 Å². The minimum atomic E-state index is -0.297. The van der Waals surface area contributed by atoms with Crippen LogP contribution in [0.4, 0.5) is 10.1 Å². The first-order valence-electron chi connectivity index (χ1n) is 5.05. The molecule has 0 aliphatic rings. The maximum atomic E-state index is 13.2. The lowest BCUT2D eigenvalue weighted by Crippen LogP contribution is -1.92. The van der Waals surface area contributed by atoms with Crippen molar-refractivity contribution in [2.75, 3.05) is 5.43 Å². The molecule has 0 radical (unpaired) electrons. The van der Waals surface area contributed by atoms with E-state index in [4.69, 9.17) is 11.6 Å². The molecule has 1 N–H and O–H groups in total. The normalized spacial score (nSPS) is 10.7. The van der Waals surface area contributed by atoms with Crippen LogP contribution in [0.15, 0.2) is 53.6 Å². The molecule has 0 saturated carbocycles. The average molecular weight is 249 g/mol. The maximum Gasteiger partial charge on any atom is 0.132 e. The van der Waals surface area contributed by atoms with Crippen LogP contribution in [0.3, 0.4) is 0 Å². The molecule has 0 spiro atoms. The van der Waals surface area contributed by atoms with Gasteiger partial charge in [-0.1, -0.05) is 29.8 Å². The first kappa shape index (κ1) is 11.6. The van der Waals surface area contributed by atoms with Crippen molar-refractivity contribution in [3.8, 4) is 0 Å². The lowest BCUT2D eigenvalue weighted by Gasteiger charge is -1.99. The molecule has 2 aromatic carbocycles. The summed E-state index contributed by atoms with van der Waals surface area (Å²) in [5.41, 5.74) is 4.02. The third kappa shape index (κ3) is 3.29. The first-order valence-corrected chi connectivity index (χ1v) is 5.43. The number of hydrogen-bond donors (Lipinski definition) is 1. The van der Waals surface area contributed by atoms with Crippen LogP contribution < -0.4 is 5.43 Å². The SMILES string of the molecule is Fc1ccccc1/C=N\Nc1ccc(Cl)cc1. The highest BCUT2D eigenvalue weighted by molar-refractivity contribution is 6.30. The predicted molar refractivity (Wildman–Crippen MR) is 69.1 cm³/mol. The Kier molecular flexibility index (Phi) is 3.73. The molecule has 2 nitrogen and oxygen atoms in total. The summed E-state index contributed by atoms with van der Waals surface area (Å²) < 4.78 is 13.2. The van der Waals surface area contributed by atoms with Crippen molar-refractivity contribution in [1.29, 1.82) is 0 Å². The Morgan fingerprint density at radius 1 is 1.06 bits per heavy atom. The van der Waals surface area contributed by atoms with Gasteiger partial charge in [-0.15, -0.1) is 0 Å². The van der Waals surface area contributed by atoms with Crippen LogP contribution in [0.25, 0.3) is 0 Å². The lowest BCUT2D eigenvalue weighted by molar-refractivity contribution is 0.626. The Bertz CT molecular complexity index is 523. The molecule has 0 aliphatic carbocycles. The van der Waals surface area contributed by atoms with Crippen LogP contribution in [0.1, 0.15) is 5.56 Å². The quantitative estimate of drug-likeness (QED) is 0.646. The summed E-state index contributed by atoms with van der Waals surface area (Å²) in [5.74, 6) is -0.297. The molecule has 0 amide bonds. The molecule has 0 saturated heterocycles. The third-order valence-electron chi connectivity index (χ3n) is 2.15. The largest absolute Gasteiger partial charge is 0.279 e. The van der Waals surface area contributed by atoms with Crippen molar-refractivity contribution >= 4 is 23.5 Å². The van der Waals surface area contributed by atoms with E-state index in [1.54, 1.807) is 42.5 Å². The summed E-state index contributed by atoms with van der Waals surface area (Å²) >= 11 is 5.75. The van der Waals surface area contributed by atoms with Crippen LogP contribution in [0.5, 0.6) is 0 Å². The summed E-state index contributed by atoms with van der Waals surface area (Å²) in [6, 6.07) is 13.5. The van der Waals surface area contributed by atoms with Crippen molar-refractivity contribution in [3.63, 3.8) is 0 Å². The van der Waals surface area contributed by atoms with Crippen molar-refractivity contribution in [2.24, 2.45) is 5.10 Å². The number of benzene rings is 2. The number of halogens is 2. The van der Waals surface area contributed by atoms with E-state index in [9.17, 15) is 4.39 Å². The van der Waals surface area contributed by atoms with Crippen molar-refractivity contribution in [1.82, 2.24) is 0 Å². The van der Waals surface area contributed by atoms with E-state index in [1.165, 1.54) is 12.3 Å². The highest BCUT2D eigenvalue weighted by Crippen LogP contribution is 2.13. The molecule has 0 fully saturated rings. The van der Waals surface area contributed by atoms with Crippen molar-refractivity contribution in [2.45, 2.75) is 0 Å². The molecule has 0 aromatic heterocycles. The van der Waals surface area contributed by atoms with Gasteiger partial charge in [0.05, 0.1) is 11.9 Å². The number of hydrazone groups is 1. The zero-order chi connectivity index (χ0) is 12.1. The van der Waals surface area contributed by atoms with E-state index >= 15 is 0 Å². The highest BCUT2D eigenvalue weighted by atomic mass is 35.5. The molecule has 0 bridgehead atoms. The minimum absolute atomic E-state index is 0.297. The van der Waals surface area contributed by atoms with Gasteiger partial charge in [0.25, 0.3) is 0 Å². The second-order valence-corrected chi connectivity index (χ2v) is 3.83. The Morgan fingerprint density at radius 2 is 1.76 bits per heavy atom. The van der Waals surface area contributed by atoms with Gasteiger partial charge >= 0.3 is 0 Å². The number of hydrogen-bond acceptors (Lipinski definition) is 2. The maximum absolute atomic E-state index is 13.2. The third-order valence-corrected chi connectivity index (χ3v) is 2.40. The zero-order valence-corrected chi connectivity index (χ0v) is 9.66. The van der Waals surface area contributed by atoms with Gasteiger partial charge in [-0.3, -0.25) is 5.43 Å². The van der Waals surface area contributed by atoms with Gasteiger partial charge in [0.2, 0.25) is 0 Å². The Labute approximate surface area is 104 Å². The van der Waals surface area contributed by atoms with Crippen molar-refractivity contribution in [3.05, 3.63) is 64.9 Å². The first-order chi connectivity index (χ1) is 8.25. The van der Waals surface area contributed by atoms with E-state index in [0.29, 0.717) is 10.6 Å². The van der Waals surface area contributed by atoms with E-state index < -0.39 is 0 Å². The molecule has 2 rings (SSSR count). The Morgan fingerprint density at radius 3 is 2.47 bits per heavy atom.